The summed E-state index contributed by atoms with van der Waals surface area (Å²) in [6, 6.07) is 9.81. The zero-order chi connectivity index (χ0) is 12.6. The molecule has 5 heteroatoms. The van der Waals surface area contributed by atoms with E-state index in [9.17, 15) is 5.11 Å². The minimum Gasteiger partial charge on any atom is -0.387 e. The second-order valence-corrected chi connectivity index (χ2v) is 4.23. The van der Waals surface area contributed by atoms with Crippen LogP contribution >= 0.6 is 11.6 Å². The number of rotatable bonds is 8. The molecule has 1 atom stereocenters. The molecule has 0 aliphatic rings. The van der Waals surface area contributed by atoms with E-state index >= 15 is 0 Å². The summed E-state index contributed by atoms with van der Waals surface area (Å²) in [6.45, 7) is 0.927. The van der Waals surface area contributed by atoms with Crippen LogP contribution in [0.25, 0.3) is 0 Å². The molecule has 0 bridgehead atoms. The van der Waals surface area contributed by atoms with Crippen molar-refractivity contribution in [3.05, 3.63) is 35.9 Å². The first-order chi connectivity index (χ1) is 8.20. The van der Waals surface area contributed by atoms with Crippen LogP contribution in [0.1, 0.15) is 12.0 Å². The molecule has 17 heavy (non-hydrogen) atoms. The molecule has 1 unspecified atom stereocenters. The minimum absolute atomic E-state index is 0.0190. The van der Waals surface area contributed by atoms with E-state index < -0.39 is 5.60 Å². The topological polar surface area (TPSA) is 65.7 Å². The standard InChI is InChI=1S/C12H17ClN2O2/c13-9-12(16,10-15-14)6-7-17-8-11-4-2-1-3-5-11/h1-5,14,16H,6-10H2. The second-order valence-electron chi connectivity index (χ2n) is 3.96. The lowest BCUT2D eigenvalue weighted by Crippen LogP contribution is -2.35. The number of nitrogens with one attached hydrogen (secondary N) is 1. The van der Waals surface area contributed by atoms with Gasteiger partial charge in [0.25, 0.3) is 0 Å². The first-order valence-corrected chi connectivity index (χ1v) is 5.97. The Balaban J connectivity index is 2.25. The molecule has 0 radical (unpaired) electrons. The summed E-state index contributed by atoms with van der Waals surface area (Å²) in [5, 5.41) is 13.1. The molecule has 0 aliphatic carbocycles. The summed E-state index contributed by atoms with van der Waals surface area (Å²) >= 11 is 5.63. The molecule has 0 aromatic heterocycles. The Hall–Kier alpha value is -0.970. The Kier molecular flexibility index (Phi) is 6.11. The average Bonchev–Trinajstić information content (AvgIpc) is 2.36. The Labute approximate surface area is 106 Å². The lowest BCUT2D eigenvalue weighted by molar-refractivity contribution is 0.0183. The number of benzene rings is 1. The Morgan fingerprint density at radius 3 is 2.65 bits per heavy atom. The predicted molar refractivity (Wildman–Crippen MR) is 66.4 cm³/mol. The van der Waals surface area contributed by atoms with Crippen LogP contribution in [0, 0.1) is 5.53 Å². The van der Waals surface area contributed by atoms with Crippen molar-refractivity contribution in [1.29, 1.82) is 5.53 Å². The van der Waals surface area contributed by atoms with E-state index in [-0.39, 0.29) is 12.4 Å². The van der Waals surface area contributed by atoms with Crippen molar-refractivity contribution in [2.75, 3.05) is 19.0 Å². The van der Waals surface area contributed by atoms with E-state index in [2.05, 4.69) is 5.11 Å². The summed E-state index contributed by atoms with van der Waals surface area (Å²) < 4.78 is 5.44. The number of nitrogens with zero attached hydrogens (tertiary/aromatic N) is 1. The van der Waals surface area contributed by atoms with Gasteiger partial charge in [0.1, 0.15) is 5.60 Å². The third kappa shape index (κ3) is 5.26. The van der Waals surface area contributed by atoms with Crippen LogP contribution in [0.2, 0.25) is 0 Å². The average molecular weight is 257 g/mol. The Bertz CT molecular complexity index is 335. The predicted octanol–water partition coefficient (Wildman–Crippen LogP) is 2.59. The third-order valence-electron chi connectivity index (χ3n) is 2.45. The fourth-order valence-electron chi connectivity index (χ4n) is 1.36. The zero-order valence-electron chi connectivity index (χ0n) is 9.60. The van der Waals surface area contributed by atoms with Gasteiger partial charge in [-0.1, -0.05) is 30.3 Å². The van der Waals surface area contributed by atoms with E-state index in [1.165, 1.54) is 0 Å². The van der Waals surface area contributed by atoms with E-state index in [0.717, 1.165) is 5.56 Å². The molecule has 0 spiro atoms. The van der Waals surface area contributed by atoms with Gasteiger partial charge in [-0.25, -0.2) is 5.53 Å². The molecule has 2 N–H and O–H groups in total. The van der Waals surface area contributed by atoms with Crippen LogP contribution in [0.3, 0.4) is 0 Å². The molecule has 0 heterocycles. The molecule has 1 aromatic carbocycles. The van der Waals surface area contributed by atoms with Gasteiger partial charge in [0, 0.05) is 13.0 Å². The number of halogens is 1. The molecular weight excluding hydrogens is 240 g/mol. The molecule has 1 aromatic rings. The van der Waals surface area contributed by atoms with Crippen molar-refractivity contribution < 1.29 is 9.84 Å². The van der Waals surface area contributed by atoms with Crippen LogP contribution in [-0.4, -0.2) is 29.7 Å². The van der Waals surface area contributed by atoms with Crippen molar-refractivity contribution in [3.63, 3.8) is 0 Å². The van der Waals surface area contributed by atoms with Crippen LogP contribution in [-0.2, 0) is 11.3 Å². The van der Waals surface area contributed by atoms with E-state index in [0.29, 0.717) is 19.6 Å². The second kappa shape index (κ2) is 7.37. The fourth-order valence-corrected chi connectivity index (χ4v) is 1.58. The molecule has 94 valence electrons. The molecule has 0 saturated carbocycles. The first kappa shape index (κ1) is 14.1. The summed E-state index contributed by atoms with van der Waals surface area (Å²) in [4.78, 5) is 0. The van der Waals surface area contributed by atoms with E-state index in [4.69, 9.17) is 21.9 Å². The highest BCUT2D eigenvalue weighted by Gasteiger charge is 2.25. The summed E-state index contributed by atoms with van der Waals surface area (Å²) in [5.41, 5.74) is 6.71. The normalized spacial score (nSPS) is 14.2. The minimum atomic E-state index is -1.13. The highest BCUT2D eigenvalue weighted by molar-refractivity contribution is 6.18. The van der Waals surface area contributed by atoms with Gasteiger partial charge < -0.3 is 9.84 Å². The van der Waals surface area contributed by atoms with Gasteiger partial charge in [0.05, 0.1) is 19.0 Å². The largest absolute Gasteiger partial charge is 0.387 e. The number of aliphatic hydroxyl groups is 1. The molecule has 1 rings (SSSR count). The Morgan fingerprint density at radius 1 is 1.35 bits per heavy atom. The van der Waals surface area contributed by atoms with Gasteiger partial charge in [-0.2, -0.15) is 5.11 Å². The monoisotopic (exact) mass is 256 g/mol. The lowest BCUT2D eigenvalue weighted by Gasteiger charge is -2.22. The van der Waals surface area contributed by atoms with Crippen molar-refractivity contribution in [2.24, 2.45) is 5.11 Å². The highest BCUT2D eigenvalue weighted by atomic mass is 35.5. The van der Waals surface area contributed by atoms with E-state index in [1.807, 2.05) is 30.3 Å². The number of alkyl halides is 1. The van der Waals surface area contributed by atoms with Crippen molar-refractivity contribution >= 4 is 11.6 Å². The van der Waals surface area contributed by atoms with Crippen molar-refractivity contribution in [2.45, 2.75) is 18.6 Å². The molecule has 0 aliphatic heterocycles. The van der Waals surface area contributed by atoms with Crippen LogP contribution in [0.15, 0.2) is 35.4 Å². The molecule has 0 amide bonds. The summed E-state index contributed by atoms with van der Waals surface area (Å²) in [5.74, 6) is 0.0596. The van der Waals surface area contributed by atoms with Crippen LogP contribution in [0.4, 0.5) is 0 Å². The zero-order valence-corrected chi connectivity index (χ0v) is 10.4. The summed E-state index contributed by atoms with van der Waals surface area (Å²) in [6.07, 6.45) is 0.381. The maximum Gasteiger partial charge on any atom is 0.102 e. The maximum atomic E-state index is 9.89. The number of hydrogen-bond donors (Lipinski definition) is 2. The van der Waals surface area contributed by atoms with Crippen LogP contribution < -0.4 is 0 Å². The van der Waals surface area contributed by atoms with Crippen molar-refractivity contribution in [3.8, 4) is 0 Å². The molecule has 4 nitrogen and oxygen atoms in total. The number of ether oxygens (including phenoxy) is 1. The fraction of sp³-hybridized carbons (Fsp3) is 0.500. The van der Waals surface area contributed by atoms with E-state index in [1.54, 1.807) is 0 Å². The molecular formula is C12H17ClN2O2. The summed E-state index contributed by atoms with van der Waals surface area (Å²) in [7, 11) is 0. The quantitative estimate of drug-likeness (QED) is 0.427. The lowest BCUT2D eigenvalue weighted by atomic mass is 10.0. The molecule has 0 fully saturated rings. The van der Waals surface area contributed by atoms with Gasteiger partial charge in [0.15, 0.2) is 0 Å². The third-order valence-corrected chi connectivity index (χ3v) is 2.94. The molecule has 0 saturated heterocycles. The maximum absolute atomic E-state index is 9.89. The van der Waals surface area contributed by atoms with Gasteiger partial charge >= 0.3 is 0 Å². The Morgan fingerprint density at radius 2 is 2.06 bits per heavy atom. The first-order valence-electron chi connectivity index (χ1n) is 5.43. The highest BCUT2D eigenvalue weighted by Crippen LogP contribution is 2.14. The van der Waals surface area contributed by atoms with Gasteiger partial charge in [-0.05, 0) is 5.56 Å². The van der Waals surface area contributed by atoms with Crippen molar-refractivity contribution in [1.82, 2.24) is 0 Å². The van der Waals surface area contributed by atoms with Crippen LogP contribution in [0.5, 0.6) is 0 Å². The number of hydrogen-bond acceptors (Lipinski definition) is 4. The smallest absolute Gasteiger partial charge is 0.102 e. The van der Waals surface area contributed by atoms with Gasteiger partial charge in [-0.15, -0.1) is 11.6 Å². The van der Waals surface area contributed by atoms with Gasteiger partial charge in [0.2, 0.25) is 0 Å². The SMILES string of the molecule is N=NCC(O)(CCl)CCOCc1ccccc1. The van der Waals surface area contributed by atoms with Gasteiger partial charge in [-0.3, -0.25) is 0 Å².